The van der Waals surface area contributed by atoms with Gasteiger partial charge in [-0.15, -0.1) is 11.3 Å². The Kier molecular flexibility index (Phi) is 6.41. The summed E-state index contributed by atoms with van der Waals surface area (Å²) in [6.07, 6.45) is 1.11. The first-order valence-electron chi connectivity index (χ1n) is 9.05. The third kappa shape index (κ3) is 4.56. The number of esters is 2. The van der Waals surface area contributed by atoms with Crippen LogP contribution in [0.1, 0.15) is 28.2 Å². The van der Waals surface area contributed by atoms with Crippen molar-refractivity contribution in [2.45, 2.75) is 19.8 Å². The minimum absolute atomic E-state index is 0.173. The maximum Gasteiger partial charge on any atom is 0.350 e. The number of aryl methyl sites for hydroxylation is 1. The molecule has 0 spiro atoms. The molecule has 3 rings (SSSR count). The van der Waals surface area contributed by atoms with E-state index in [1.54, 1.807) is 11.8 Å². The van der Waals surface area contributed by atoms with Crippen molar-refractivity contribution in [1.29, 1.82) is 0 Å². The van der Waals surface area contributed by atoms with E-state index in [0.29, 0.717) is 36.5 Å². The Hall–Kier alpha value is -2.74. The number of nitrogens with zero attached hydrogens (tertiary/aromatic N) is 2. The molecule has 2 heterocycles. The van der Waals surface area contributed by atoms with Gasteiger partial charge in [-0.25, -0.2) is 9.78 Å². The average molecular weight is 402 g/mol. The number of piperidine rings is 1. The van der Waals surface area contributed by atoms with E-state index in [9.17, 15) is 14.4 Å². The number of hydrogen-bond donors (Lipinski definition) is 0. The van der Waals surface area contributed by atoms with Gasteiger partial charge in [-0.3, -0.25) is 9.59 Å². The summed E-state index contributed by atoms with van der Waals surface area (Å²) in [6.45, 7) is 2.33. The van der Waals surface area contributed by atoms with Gasteiger partial charge in [-0.1, -0.05) is 30.3 Å². The summed E-state index contributed by atoms with van der Waals surface area (Å²) in [5.74, 6) is -1.22. The van der Waals surface area contributed by atoms with Crippen LogP contribution in [0.15, 0.2) is 30.3 Å². The first-order chi connectivity index (χ1) is 13.5. The number of carbonyl (C=O) groups excluding carboxylic acids is 3. The molecule has 0 aliphatic carbocycles. The smallest absolute Gasteiger partial charge is 0.350 e. The first-order valence-corrected chi connectivity index (χ1v) is 9.86. The first kappa shape index (κ1) is 20.0. The van der Waals surface area contributed by atoms with Crippen LogP contribution in [0.25, 0.3) is 10.6 Å². The third-order valence-corrected chi connectivity index (χ3v) is 5.90. The lowest BCUT2D eigenvalue weighted by atomic mass is 9.97. The Morgan fingerprint density at radius 1 is 1.18 bits per heavy atom. The molecule has 1 aliphatic heterocycles. The third-order valence-electron chi connectivity index (χ3n) is 4.71. The molecule has 1 aliphatic rings. The highest BCUT2D eigenvalue weighted by atomic mass is 32.1. The van der Waals surface area contributed by atoms with Crippen LogP contribution in [0, 0.1) is 12.8 Å². The predicted octanol–water partition coefficient (Wildman–Crippen LogP) is 2.69. The molecule has 148 valence electrons. The van der Waals surface area contributed by atoms with Crippen LogP contribution in [-0.2, 0) is 19.1 Å². The lowest BCUT2D eigenvalue weighted by Gasteiger charge is -2.30. The largest absolute Gasteiger partial charge is 0.469 e. The summed E-state index contributed by atoms with van der Waals surface area (Å²) in [5.41, 5.74) is 1.51. The summed E-state index contributed by atoms with van der Waals surface area (Å²) in [5, 5.41) is 0.737. The van der Waals surface area contributed by atoms with Crippen molar-refractivity contribution in [3.05, 3.63) is 40.9 Å². The molecule has 2 aromatic rings. The van der Waals surface area contributed by atoms with Crippen LogP contribution in [0.4, 0.5) is 0 Å². The second kappa shape index (κ2) is 8.97. The zero-order valence-electron chi connectivity index (χ0n) is 15.8. The van der Waals surface area contributed by atoms with E-state index in [1.807, 2.05) is 30.3 Å². The van der Waals surface area contributed by atoms with E-state index in [4.69, 9.17) is 9.47 Å². The van der Waals surface area contributed by atoms with Crippen molar-refractivity contribution in [1.82, 2.24) is 9.88 Å². The fourth-order valence-electron chi connectivity index (χ4n) is 3.11. The van der Waals surface area contributed by atoms with E-state index < -0.39 is 5.97 Å². The molecular weight excluding hydrogens is 380 g/mol. The Morgan fingerprint density at radius 3 is 2.50 bits per heavy atom. The number of hydrogen-bond acceptors (Lipinski definition) is 7. The normalized spacial score (nSPS) is 14.6. The molecule has 1 amide bonds. The quantitative estimate of drug-likeness (QED) is 0.715. The monoisotopic (exact) mass is 402 g/mol. The highest BCUT2D eigenvalue weighted by Crippen LogP contribution is 2.28. The van der Waals surface area contributed by atoms with Crippen molar-refractivity contribution < 1.29 is 23.9 Å². The van der Waals surface area contributed by atoms with Crippen LogP contribution >= 0.6 is 11.3 Å². The van der Waals surface area contributed by atoms with Crippen molar-refractivity contribution in [2.75, 3.05) is 26.8 Å². The van der Waals surface area contributed by atoms with Crippen LogP contribution < -0.4 is 0 Å². The number of benzene rings is 1. The number of carbonyl (C=O) groups is 3. The molecule has 0 saturated carbocycles. The van der Waals surface area contributed by atoms with E-state index in [1.165, 1.54) is 18.4 Å². The number of likely N-dealkylation sites (tertiary alicyclic amines) is 1. The molecule has 0 atom stereocenters. The van der Waals surface area contributed by atoms with Gasteiger partial charge in [0.05, 0.1) is 18.7 Å². The Morgan fingerprint density at radius 2 is 1.86 bits per heavy atom. The molecule has 28 heavy (non-hydrogen) atoms. The number of amides is 1. The summed E-state index contributed by atoms with van der Waals surface area (Å²) in [7, 11) is 1.37. The van der Waals surface area contributed by atoms with Gasteiger partial charge < -0.3 is 14.4 Å². The maximum absolute atomic E-state index is 12.4. The number of rotatable bonds is 5. The highest BCUT2D eigenvalue weighted by Gasteiger charge is 2.28. The van der Waals surface area contributed by atoms with Gasteiger partial charge in [0.1, 0.15) is 9.88 Å². The molecule has 7 nitrogen and oxygen atoms in total. The average Bonchev–Trinajstić information content (AvgIpc) is 3.13. The Bertz CT molecular complexity index is 857. The highest BCUT2D eigenvalue weighted by molar-refractivity contribution is 7.17. The lowest BCUT2D eigenvalue weighted by molar-refractivity contribution is -0.149. The Labute approximate surface area is 167 Å². The van der Waals surface area contributed by atoms with Gasteiger partial charge in [0.25, 0.3) is 5.91 Å². The van der Waals surface area contributed by atoms with Crippen molar-refractivity contribution >= 4 is 29.2 Å². The SMILES string of the molecule is COC(=O)C1CCN(C(=O)COC(=O)c2sc(-c3ccccc3)nc2C)CC1. The topological polar surface area (TPSA) is 85.8 Å². The fourth-order valence-corrected chi connectivity index (χ4v) is 4.07. The molecule has 0 unspecified atom stereocenters. The van der Waals surface area contributed by atoms with Gasteiger partial charge in [-0.05, 0) is 19.8 Å². The predicted molar refractivity (Wildman–Crippen MR) is 104 cm³/mol. The fraction of sp³-hybridized carbons (Fsp3) is 0.400. The number of aromatic nitrogens is 1. The van der Waals surface area contributed by atoms with E-state index in [0.717, 1.165) is 10.6 Å². The van der Waals surface area contributed by atoms with Gasteiger partial charge in [0.2, 0.25) is 0 Å². The molecule has 1 saturated heterocycles. The molecule has 0 bridgehead atoms. The molecule has 0 N–H and O–H groups in total. The second-order valence-corrected chi connectivity index (χ2v) is 7.55. The van der Waals surface area contributed by atoms with Crippen molar-refractivity contribution in [3.8, 4) is 10.6 Å². The van der Waals surface area contributed by atoms with E-state index in [-0.39, 0.29) is 24.4 Å². The standard InChI is InChI=1S/C20H22N2O5S/c1-13-17(28-18(21-13)14-6-4-3-5-7-14)20(25)27-12-16(23)22-10-8-15(9-11-22)19(24)26-2/h3-7,15H,8-12H2,1-2H3. The molecule has 1 aromatic carbocycles. The number of ether oxygens (including phenoxy) is 2. The zero-order valence-corrected chi connectivity index (χ0v) is 16.7. The summed E-state index contributed by atoms with van der Waals surface area (Å²) in [6, 6.07) is 9.58. The zero-order chi connectivity index (χ0) is 20.1. The maximum atomic E-state index is 12.4. The van der Waals surface area contributed by atoms with Gasteiger partial charge >= 0.3 is 11.9 Å². The number of thiazole rings is 1. The van der Waals surface area contributed by atoms with Crippen LogP contribution in [-0.4, -0.2) is 54.5 Å². The summed E-state index contributed by atoms with van der Waals surface area (Å²) in [4.78, 5) is 42.7. The second-order valence-electron chi connectivity index (χ2n) is 6.55. The van der Waals surface area contributed by atoms with Gasteiger partial charge in [-0.2, -0.15) is 0 Å². The van der Waals surface area contributed by atoms with E-state index in [2.05, 4.69) is 4.98 Å². The minimum atomic E-state index is -0.546. The molecular formula is C20H22N2O5S. The molecule has 1 aromatic heterocycles. The lowest BCUT2D eigenvalue weighted by Crippen LogP contribution is -2.42. The van der Waals surface area contributed by atoms with Crippen molar-refractivity contribution in [3.63, 3.8) is 0 Å². The molecule has 0 radical (unpaired) electrons. The summed E-state index contributed by atoms with van der Waals surface area (Å²) >= 11 is 1.25. The minimum Gasteiger partial charge on any atom is -0.469 e. The number of methoxy groups -OCH3 is 1. The molecule has 1 fully saturated rings. The summed E-state index contributed by atoms with van der Waals surface area (Å²) < 4.78 is 9.96. The molecule has 8 heteroatoms. The van der Waals surface area contributed by atoms with Gasteiger partial charge in [0, 0.05) is 18.7 Å². The van der Waals surface area contributed by atoms with Crippen LogP contribution in [0.3, 0.4) is 0 Å². The Balaban J connectivity index is 1.54. The van der Waals surface area contributed by atoms with Gasteiger partial charge in [0.15, 0.2) is 6.61 Å². The van der Waals surface area contributed by atoms with E-state index >= 15 is 0 Å². The van der Waals surface area contributed by atoms with Crippen LogP contribution in [0.5, 0.6) is 0 Å². The van der Waals surface area contributed by atoms with Crippen molar-refractivity contribution in [2.24, 2.45) is 5.92 Å². The van der Waals surface area contributed by atoms with Crippen LogP contribution in [0.2, 0.25) is 0 Å².